The summed E-state index contributed by atoms with van der Waals surface area (Å²) in [7, 11) is 3.16. The van der Waals surface area contributed by atoms with Crippen LogP contribution in [-0.4, -0.2) is 76.6 Å². The maximum absolute atomic E-state index is 14.1. The van der Waals surface area contributed by atoms with Gasteiger partial charge in [-0.3, -0.25) is 0 Å². The molecule has 1 aromatic carbocycles. The van der Waals surface area contributed by atoms with Crippen molar-refractivity contribution in [3.8, 4) is 0 Å². The molecule has 1 aliphatic heterocycles. The van der Waals surface area contributed by atoms with Crippen LogP contribution in [0, 0.1) is 16.7 Å². The van der Waals surface area contributed by atoms with Crippen LogP contribution in [0.3, 0.4) is 0 Å². The molecular formula is C23H31NO6Se. The van der Waals surface area contributed by atoms with E-state index in [2.05, 4.69) is 13.8 Å². The first-order valence-corrected chi connectivity index (χ1v) is 12.6. The number of imide groups is 1. The first kappa shape index (κ1) is 22.7. The molecular weight excluding hydrogens is 465 g/mol. The van der Waals surface area contributed by atoms with E-state index in [1.54, 1.807) is 7.11 Å². The Kier molecular flexibility index (Phi) is 6.48. The second-order valence-electron chi connectivity index (χ2n) is 9.00. The van der Waals surface area contributed by atoms with Gasteiger partial charge in [0.15, 0.2) is 0 Å². The molecule has 2 amide bonds. The van der Waals surface area contributed by atoms with Crippen LogP contribution in [-0.2, 0) is 23.7 Å². The van der Waals surface area contributed by atoms with E-state index in [4.69, 9.17) is 18.9 Å². The Balaban J connectivity index is 1.60. The van der Waals surface area contributed by atoms with Crippen molar-refractivity contribution in [2.24, 2.45) is 16.7 Å². The van der Waals surface area contributed by atoms with Crippen LogP contribution in [0.15, 0.2) is 30.3 Å². The summed E-state index contributed by atoms with van der Waals surface area (Å²) in [5, 5.41) is -0.484. The van der Waals surface area contributed by atoms with Crippen molar-refractivity contribution in [3.05, 3.63) is 30.3 Å². The van der Waals surface area contributed by atoms with Gasteiger partial charge in [-0.1, -0.05) is 0 Å². The number of fused-ring (bicyclic) bond motifs is 2. The zero-order valence-electron chi connectivity index (χ0n) is 18.5. The number of benzene rings is 1. The third kappa shape index (κ3) is 3.62. The number of amides is 2. The number of ether oxygens (including phenoxy) is 4. The molecule has 2 aliphatic carbocycles. The van der Waals surface area contributed by atoms with Gasteiger partial charge in [0, 0.05) is 0 Å². The molecule has 2 saturated carbocycles. The summed E-state index contributed by atoms with van der Waals surface area (Å²) in [5.74, 6) is 0.163. The van der Waals surface area contributed by atoms with Crippen LogP contribution in [0.2, 0.25) is 0 Å². The first-order valence-electron chi connectivity index (χ1n) is 10.8. The fourth-order valence-corrected chi connectivity index (χ4v) is 7.92. The van der Waals surface area contributed by atoms with Gasteiger partial charge in [-0.05, 0) is 0 Å². The Morgan fingerprint density at radius 2 is 1.97 bits per heavy atom. The molecule has 7 nitrogen and oxygen atoms in total. The third-order valence-corrected chi connectivity index (χ3v) is 9.77. The average Bonchev–Trinajstić information content (AvgIpc) is 3.29. The number of carbonyl (C=O) groups is 2. The minimum absolute atomic E-state index is 0.179. The molecule has 0 unspecified atom stereocenters. The molecule has 170 valence electrons. The molecule has 0 spiro atoms. The van der Waals surface area contributed by atoms with E-state index in [0.717, 1.165) is 17.3 Å². The summed E-state index contributed by atoms with van der Waals surface area (Å²) in [6.07, 6.45) is 0.894. The Bertz CT molecular complexity index is 818. The number of rotatable bonds is 8. The zero-order valence-corrected chi connectivity index (χ0v) is 20.2. The van der Waals surface area contributed by atoms with Crippen LogP contribution in [0.5, 0.6) is 0 Å². The van der Waals surface area contributed by atoms with Crippen LogP contribution < -0.4 is 4.46 Å². The SMILES string of the molecule is COCCO[C@@H]1C[C@H]2CC[C@]1(C(=O)N1C(=O)O[C@H]([Se]c3ccccc3)[C@H]1OC)C2(C)C. The number of nitrogens with zero attached hydrogens (tertiary/aromatic N) is 1. The Morgan fingerprint density at radius 3 is 2.61 bits per heavy atom. The Labute approximate surface area is 189 Å². The summed E-state index contributed by atoms with van der Waals surface area (Å²) in [6, 6.07) is 9.87. The molecule has 31 heavy (non-hydrogen) atoms. The number of hydrogen-bond donors (Lipinski definition) is 0. The summed E-state index contributed by atoms with van der Waals surface area (Å²) in [6.45, 7) is 5.17. The van der Waals surface area contributed by atoms with Gasteiger partial charge >= 0.3 is 190 Å². The predicted molar refractivity (Wildman–Crippen MR) is 115 cm³/mol. The average molecular weight is 496 g/mol. The van der Waals surface area contributed by atoms with Gasteiger partial charge in [-0.25, -0.2) is 0 Å². The molecule has 1 heterocycles. The maximum atomic E-state index is 14.1. The molecule has 8 heteroatoms. The molecule has 0 aromatic heterocycles. The van der Waals surface area contributed by atoms with Gasteiger partial charge in [0.05, 0.1) is 0 Å². The molecule has 1 saturated heterocycles. The normalized spacial score (nSPS) is 33.7. The Morgan fingerprint density at radius 1 is 1.23 bits per heavy atom. The third-order valence-electron chi connectivity index (χ3n) is 7.45. The van der Waals surface area contributed by atoms with Gasteiger partial charge in [0.1, 0.15) is 0 Å². The minimum atomic E-state index is -0.768. The fraction of sp³-hybridized carbons (Fsp3) is 0.652. The van der Waals surface area contributed by atoms with Crippen molar-refractivity contribution in [1.82, 2.24) is 4.90 Å². The van der Waals surface area contributed by atoms with E-state index in [9.17, 15) is 9.59 Å². The monoisotopic (exact) mass is 497 g/mol. The number of carbonyl (C=O) groups excluding carboxylic acids is 2. The molecule has 0 radical (unpaired) electrons. The zero-order chi connectivity index (χ0) is 22.2. The Hall–Kier alpha value is -1.44. The number of hydrogen-bond acceptors (Lipinski definition) is 6. The van der Waals surface area contributed by atoms with Crippen molar-refractivity contribution in [3.63, 3.8) is 0 Å². The topological polar surface area (TPSA) is 74.3 Å². The van der Waals surface area contributed by atoms with E-state index in [1.807, 2.05) is 30.3 Å². The summed E-state index contributed by atoms with van der Waals surface area (Å²) in [5.41, 5.74) is -1.04. The van der Waals surface area contributed by atoms with Gasteiger partial charge in [-0.15, -0.1) is 0 Å². The van der Waals surface area contributed by atoms with Crippen molar-refractivity contribution in [1.29, 1.82) is 0 Å². The van der Waals surface area contributed by atoms with E-state index in [1.165, 1.54) is 12.0 Å². The van der Waals surface area contributed by atoms with Gasteiger partial charge < -0.3 is 0 Å². The molecule has 4 rings (SSSR count). The van der Waals surface area contributed by atoms with Gasteiger partial charge in [-0.2, -0.15) is 0 Å². The van der Waals surface area contributed by atoms with Gasteiger partial charge in [0.2, 0.25) is 0 Å². The van der Waals surface area contributed by atoms with Gasteiger partial charge in [0.25, 0.3) is 0 Å². The first-order chi connectivity index (χ1) is 14.9. The van der Waals surface area contributed by atoms with E-state index in [-0.39, 0.29) is 32.4 Å². The van der Waals surface area contributed by atoms with E-state index < -0.39 is 22.7 Å². The van der Waals surface area contributed by atoms with Crippen molar-refractivity contribution < 1.29 is 28.5 Å². The van der Waals surface area contributed by atoms with Crippen LogP contribution in [0.1, 0.15) is 33.1 Å². The molecule has 1 aromatic rings. The summed E-state index contributed by atoms with van der Waals surface area (Å²) < 4.78 is 23.7. The molecule has 0 N–H and O–H groups in total. The predicted octanol–water partition coefficient (Wildman–Crippen LogP) is 2.15. The van der Waals surface area contributed by atoms with E-state index in [0.29, 0.717) is 25.6 Å². The van der Waals surface area contributed by atoms with Crippen LogP contribution >= 0.6 is 0 Å². The molecule has 3 fully saturated rings. The number of methoxy groups -OCH3 is 2. The number of cyclic esters (lactones) is 1. The molecule has 2 bridgehead atoms. The molecule has 3 aliphatic rings. The summed E-state index contributed by atoms with van der Waals surface area (Å²) in [4.78, 5) is 28.3. The second-order valence-corrected chi connectivity index (χ2v) is 11.5. The fourth-order valence-electron chi connectivity index (χ4n) is 5.69. The quantitative estimate of drug-likeness (QED) is 0.406. The second kappa shape index (κ2) is 8.83. The van der Waals surface area contributed by atoms with Crippen molar-refractivity contribution >= 4 is 31.4 Å². The van der Waals surface area contributed by atoms with Crippen LogP contribution in [0.25, 0.3) is 0 Å². The standard InChI is InChI=1S/C23H31NO6Se/c1-22(2)15-10-11-23(22,17(14-15)29-13-12-27-3)20(25)24-18(28-4)19(30-21(24)26)31-16-8-6-5-7-9-16/h5-9,15,17-19H,10-14H2,1-4H3/t15-,17-,18-,19-,23+/m1/s1. The molecule has 5 atom stereocenters. The van der Waals surface area contributed by atoms with Crippen molar-refractivity contribution in [2.75, 3.05) is 27.4 Å². The van der Waals surface area contributed by atoms with Crippen molar-refractivity contribution in [2.45, 2.75) is 50.4 Å². The summed E-state index contributed by atoms with van der Waals surface area (Å²) >= 11 is -0.179. The van der Waals surface area contributed by atoms with E-state index >= 15 is 0 Å². The van der Waals surface area contributed by atoms with Crippen LogP contribution in [0.4, 0.5) is 4.79 Å².